The Morgan fingerprint density at radius 1 is 1.33 bits per heavy atom. The fourth-order valence-corrected chi connectivity index (χ4v) is 3.74. The van der Waals surface area contributed by atoms with Gasteiger partial charge < -0.3 is 15.2 Å². The summed E-state index contributed by atoms with van der Waals surface area (Å²) in [6.07, 6.45) is 12.1. The molecule has 2 N–H and O–H groups in total. The summed E-state index contributed by atoms with van der Waals surface area (Å²) in [7, 11) is 0. The van der Waals surface area contributed by atoms with Crippen LogP contribution in [0.15, 0.2) is 31.0 Å². The Morgan fingerprint density at radius 2 is 2.19 bits per heavy atom. The lowest BCUT2D eigenvalue weighted by atomic mass is 9.96. The van der Waals surface area contributed by atoms with E-state index < -0.39 is 0 Å². The molecule has 2 aromatic rings. The van der Waals surface area contributed by atoms with Gasteiger partial charge in [-0.2, -0.15) is 5.10 Å². The average Bonchev–Trinajstić information content (AvgIpc) is 3.00. The molecular weight excluding hydrogens is 387 g/mol. The number of rotatable bonds is 7. The van der Waals surface area contributed by atoms with Crippen molar-refractivity contribution in [2.45, 2.75) is 44.7 Å². The molecule has 1 saturated carbocycles. The molecule has 0 spiro atoms. The Morgan fingerprint density at radius 3 is 2.85 bits per heavy atom. The van der Waals surface area contributed by atoms with E-state index in [0.717, 1.165) is 45.4 Å². The van der Waals surface area contributed by atoms with Gasteiger partial charge in [-0.25, -0.2) is 4.98 Å². The van der Waals surface area contributed by atoms with Crippen LogP contribution >= 0.6 is 24.8 Å². The van der Waals surface area contributed by atoms with Crippen molar-refractivity contribution in [3.8, 4) is 0 Å². The van der Waals surface area contributed by atoms with Crippen molar-refractivity contribution in [3.63, 3.8) is 0 Å². The fraction of sp³-hybridized carbons (Fsp3) is 0.611. The lowest BCUT2D eigenvalue weighted by molar-refractivity contribution is -0.122. The third kappa shape index (κ3) is 5.46. The van der Waals surface area contributed by atoms with Gasteiger partial charge >= 0.3 is 0 Å². The maximum absolute atomic E-state index is 12.4. The van der Waals surface area contributed by atoms with Crippen molar-refractivity contribution >= 4 is 30.7 Å². The number of amides is 1. The Kier molecular flexibility index (Phi) is 7.70. The van der Waals surface area contributed by atoms with Gasteiger partial charge in [-0.3, -0.25) is 9.48 Å². The zero-order chi connectivity index (χ0) is 17.1. The Hall–Kier alpha value is -1.57. The van der Waals surface area contributed by atoms with Crippen LogP contribution in [0.25, 0.3) is 0 Å². The van der Waals surface area contributed by atoms with Gasteiger partial charge in [0.15, 0.2) is 0 Å². The van der Waals surface area contributed by atoms with E-state index in [1.165, 1.54) is 12.1 Å². The first-order valence-electron chi connectivity index (χ1n) is 9.19. The smallest absolute Gasteiger partial charge is 0.241 e. The summed E-state index contributed by atoms with van der Waals surface area (Å²) in [6.45, 7) is 4.02. The number of piperidine rings is 1. The van der Waals surface area contributed by atoms with Crippen molar-refractivity contribution < 1.29 is 4.79 Å². The molecule has 7 nitrogen and oxygen atoms in total. The normalized spacial score (nSPS) is 20.2. The second-order valence-corrected chi connectivity index (χ2v) is 7.47. The number of halogens is 2. The number of carbonyl (C=O) groups is 1. The van der Waals surface area contributed by atoms with Gasteiger partial charge in [0.05, 0.1) is 6.33 Å². The fourth-order valence-electron chi connectivity index (χ4n) is 3.74. The molecule has 1 atom stereocenters. The lowest BCUT2D eigenvalue weighted by Gasteiger charge is -2.23. The van der Waals surface area contributed by atoms with Crippen LogP contribution in [0.1, 0.15) is 37.3 Å². The predicted molar refractivity (Wildman–Crippen MR) is 108 cm³/mol. The molecule has 1 aliphatic carbocycles. The molecule has 2 fully saturated rings. The second-order valence-electron chi connectivity index (χ2n) is 7.47. The molecule has 1 saturated heterocycles. The molecule has 1 aliphatic heterocycles. The van der Waals surface area contributed by atoms with Crippen LogP contribution in [-0.2, 0) is 17.9 Å². The summed E-state index contributed by atoms with van der Waals surface area (Å²) in [5, 5.41) is 10.9. The van der Waals surface area contributed by atoms with E-state index in [4.69, 9.17) is 0 Å². The summed E-state index contributed by atoms with van der Waals surface area (Å²) >= 11 is 0. The van der Waals surface area contributed by atoms with E-state index in [-0.39, 0.29) is 36.1 Å². The minimum atomic E-state index is 0. The molecule has 0 bridgehead atoms. The molecule has 0 radical (unpaired) electrons. The average molecular weight is 415 g/mol. The van der Waals surface area contributed by atoms with Crippen LogP contribution in [0.5, 0.6) is 0 Å². The maximum Gasteiger partial charge on any atom is 0.241 e. The minimum absolute atomic E-state index is 0. The largest absolute Gasteiger partial charge is 0.354 e. The van der Waals surface area contributed by atoms with Crippen LogP contribution < -0.4 is 10.6 Å². The number of carbonyl (C=O) groups excluding carboxylic acids is 1. The van der Waals surface area contributed by atoms with E-state index in [1.54, 1.807) is 12.4 Å². The second kappa shape index (κ2) is 9.57. The van der Waals surface area contributed by atoms with E-state index >= 15 is 0 Å². The van der Waals surface area contributed by atoms with Gasteiger partial charge in [0.1, 0.15) is 6.54 Å². The van der Waals surface area contributed by atoms with Crippen LogP contribution in [-0.4, -0.2) is 44.9 Å². The third-order valence-corrected chi connectivity index (χ3v) is 5.45. The van der Waals surface area contributed by atoms with Crippen molar-refractivity contribution in [1.82, 2.24) is 30.0 Å². The van der Waals surface area contributed by atoms with Crippen molar-refractivity contribution in [3.05, 3.63) is 36.7 Å². The maximum atomic E-state index is 12.4. The highest BCUT2D eigenvalue weighted by Crippen LogP contribution is 2.46. The number of aromatic nitrogens is 4. The van der Waals surface area contributed by atoms with E-state index in [1.807, 2.05) is 23.3 Å². The third-order valence-electron chi connectivity index (χ3n) is 5.45. The first-order valence-corrected chi connectivity index (χ1v) is 9.19. The SMILES string of the molecule is Cl.Cl.O=C(Cn1nccc1C1CCCNC1)NCC1(Cn2ccnc2)CC1. The topological polar surface area (TPSA) is 76.8 Å². The number of hydrogen-bond donors (Lipinski definition) is 2. The summed E-state index contributed by atoms with van der Waals surface area (Å²) in [5.41, 5.74) is 1.37. The van der Waals surface area contributed by atoms with E-state index in [9.17, 15) is 4.79 Å². The molecule has 9 heteroatoms. The van der Waals surface area contributed by atoms with Gasteiger partial charge in [0, 0.05) is 55.3 Å². The molecule has 2 aromatic heterocycles. The van der Waals surface area contributed by atoms with Crippen LogP contribution in [0.3, 0.4) is 0 Å². The molecule has 27 heavy (non-hydrogen) atoms. The zero-order valence-corrected chi connectivity index (χ0v) is 17.0. The minimum Gasteiger partial charge on any atom is -0.354 e. The molecule has 1 amide bonds. The summed E-state index contributed by atoms with van der Waals surface area (Å²) in [4.78, 5) is 16.5. The lowest BCUT2D eigenvalue weighted by Crippen LogP contribution is -2.36. The molecule has 4 rings (SSSR count). The first kappa shape index (κ1) is 21.7. The zero-order valence-electron chi connectivity index (χ0n) is 15.3. The molecule has 2 aliphatic rings. The van der Waals surface area contributed by atoms with Gasteiger partial charge in [0.2, 0.25) is 5.91 Å². The summed E-state index contributed by atoms with van der Waals surface area (Å²) < 4.78 is 3.96. The van der Waals surface area contributed by atoms with E-state index in [2.05, 4.69) is 25.3 Å². The van der Waals surface area contributed by atoms with Crippen molar-refractivity contribution in [2.24, 2.45) is 5.41 Å². The number of imidazole rings is 1. The van der Waals surface area contributed by atoms with E-state index in [0.29, 0.717) is 12.5 Å². The van der Waals surface area contributed by atoms with Gasteiger partial charge in [-0.05, 0) is 38.3 Å². The summed E-state index contributed by atoms with van der Waals surface area (Å²) in [6, 6.07) is 2.05. The monoisotopic (exact) mass is 414 g/mol. The number of nitrogens with zero attached hydrogens (tertiary/aromatic N) is 4. The molecular formula is C18H28Cl2N6O. The van der Waals surface area contributed by atoms with Gasteiger partial charge in [-0.1, -0.05) is 0 Å². The van der Waals surface area contributed by atoms with Crippen molar-refractivity contribution in [2.75, 3.05) is 19.6 Å². The first-order chi connectivity index (χ1) is 12.2. The highest BCUT2D eigenvalue weighted by atomic mass is 35.5. The summed E-state index contributed by atoms with van der Waals surface area (Å²) in [5.74, 6) is 0.505. The Bertz CT molecular complexity index is 707. The van der Waals surface area contributed by atoms with Gasteiger partial charge in [0.25, 0.3) is 0 Å². The van der Waals surface area contributed by atoms with Crippen LogP contribution in [0, 0.1) is 5.41 Å². The number of nitrogens with one attached hydrogen (secondary N) is 2. The molecule has 150 valence electrons. The standard InChI is InChI=1S/C18H26N6O.2ClH/c25-17(21-12-18(4-5-18)13-23-9-8-20-14-23)11-24-16(3-7-22-24)15-2-1-6-19-10-15;;/h3,7-9,14-15,19H,1-2,4-6,10-13H2,(H,21,25);2*1H. The van der Waals surface area contributed by atoms with Crippen LogP contribution in [0.2, 0.25) is 0 Å². The highest BCUT2D eigenvalue weighted by molar-refractivity contribution is 5.85. The van der Waals surface area contributed by atoms with Crippen molar-refractivity contribution in [1.29, 1.82) is 0 Å². The van der Waals surface area contributed by atoms with Gasteiger partial charge in [-0.15, -0.1) is 24.8 Å². The molecule has 0 aromatic carbocycles. The number of hydrogen-bond acceptors (Lipinski definition) is 4. The highest BCUT2D eigenvalue weighted by Gasteiger charge is 2.43. The quantitative estimate of drug-likeness (QED) is 0.725. The Balaban J connectivity index is 0.00000131. The predicted octanol–water partition coefficient (Wildman–Crippen LogP) is 1.99. The van der Waals surface area contributed by atoms with Crippen LogP contribution in [0.4, 0.5) is 0 Å². The molecule has 1 unspecified atom stereocenters. The Labute approximate surface area is 172 Å². The molecule has 3 heterocycles.